The molecule has 2 aromatic carbocycles. The van der Waals surface area contributed by atoms with Gasteiger partial charge in [-0.05, 0) is 91.8 Å². The highest BCUT2D eigenvalue weighted by Gasteiger charge is 2.25. The second-order valence-corrected chi connectivity index (χ2v) is 13.8. The topological polar surface area (TPSA) is 103 Å². The van der Waals surface area contributed by atoms with Gasteiger partial charge in [0.15, 0.2) is 0 Å². The second kappa shape index (κ2) is 15.8. The van der Waals surface area contributed by atoms with E-state index in [2.05, 4.69) is 42.5 Å². The largest absolute Gasteiger partial charge is 0.356 e. The summed E-state index contributed by atoms with van der Waals surface area (Å²) >= 11 is 6.53. The third kappa shape index (κ3) is 8.27. The fraction of sp³-hybridized carbons (Fsp3) is 0.293. The van der Waals surface area contributed by atoms with Crippen molar-refractivity contribution in [3.63, 3.8) is 0 Å². The van der Waals surface area contributed by atoms with E-state index >= 15 is 0 Å². The summed E-state index contributed by atoms with van der Waals surface area (Å²) in [5, 5.41) is 7.11. The summed E-state index contributed by atoms with van der Waals surface area (Å²) in [6.45, 7) is 6.26. The van der Waals surface area contributed by atoms with Crippen LogP contribution in [0.5, 0.6) is 0 Å². The number of rotatable bonds is 9. The Balaban J connectivity index is 0.857. The number of amides is 2. The van der Waals surface area contributed by atoms with Crippen molar-refractivity contribution in [3.8, 4) is 22.3 Å². The molecule has 0 atom stereocenters. The normalized spacial score (nSPS) is 15.8. The zero-order valence-electron chi connectivity index (χ0n) is 28.8. The van der Waals surface area contributed by atoms with Gasteiger partial charge in [-0.25, -0.2) is 4.98 Å². The number of nitrogens with zero attached hydrogens (tertiary/aromatic N) is 5. The molecule has 0 unspecified atom stereocenters. The van der Waals surface area contributed by atoms with Gasteiger partial charge in [-0.2, -0.15) is 0 Å². The standard InChI is InChI=1S/C41H42ClN7O2/c1-28-36(10-11-37(42)39(28)33-8-4-18-44-26-33)41(51)47-34-13-19-48(20-14-34)27-29-9-12-38(45-24-29)49-21-15-35(16-22-49)46-40(50)31-6-2-5-30(23-31)32-7-3-17-43-25-32/h2-12,17-18,23-26,34-35H,13-16,19-22,27H2,1H3,(H,46,50)(H,47,51). The molecule has 5 heterocycles. The van der Waals surface area contributed by atoms with Crippen LogP contribution in [0.25, 0.3) is 22.3 Å². The molecule has 0 spiro atoms. The van der Waals surface area contributed by atoms with Gasteiger partial charge in [0.25, 0.3) is 11.8 Å². The number of carbonyl (C=O) groups is 2. The summed E-state index contributed by atoms with van der Waals surface area (Å²) in [6.07, 6.45) is 12.5. The number of piperidine rings is 2. The Labute approximate surface area is 304 Å². The number of carbonyl (C=O) groups excluding carboxylic acids is 2. The highest BCUT2D eigenvalue weighted by Crippen LogP contribution is 2.33. The minimum absolute atomic E-state index is 0.0416. The molecule has 2 aliphatic rings. The smallest absolute Gasteiger partial charge is 0.251 e. The van der Waals surface area contributed by atoms with Gasteiger partial charge in [-0.3, -0.25) is 24.5 Å². The molecular formula is C41H42ClN7O2. The molecule has 0 radical (unpaired) electrons. The van der Waals surface area contributed by atoms with Crippen molar-refractivity contribution < 1.29 is 9.59 Å². The first kappa shape index (κ1) is 34.3. The van der Waals surface area contributed by atoms with Crippen molar-refractivity contribution in [1.82, 2.24) is 30.5 Å². The van der Waals surface area contributed by atoms with Crippen LogP contribution in [-0.2, 0) is 6.54 Å². The van der Waals surface area contributed by atoms with Crippen LogP contribution < -0.4 is 15.5 Å². The van der Waals surface area contributed by atoms with Crippen molar-refractivity contribution in [2.45, 2.75) is 51.2 Å². The lowest BCUT2D eigenvalue weighted by Gasteiger charge is -2.34. The first-order valence-corrected chi connectivity index (χ1v) is 18.0. The fourth-order valence-corrected chi connectivity index (χ4v) is 7.45. The number of pyridine rings is 3. The third-order valence-electron chi connectivity index (χ3n) is 10.0. The lowest BCUT2D eigenvalue weighted by atomic mass is 9.96. The molecule has 260 valence electrons. The van der Waals surface area contributed by atoms with Gasteiger partial charge in [0, 0.05) is 109 Å². The Hall–Kier alpha value is -5.12. The maximum atomic E-state index is 13.3. The summed E-state index contributed by atoms with van der Waals surface area (Å²) in [4.78, 5) is 44.3. The minimum atomic E-state index is -0.0643. The van der Waals surface area contributed by atoms with Crippen molar-refractivity contribution in [2.75, 3.05) is 31.1 Å². The van der Waals surface area contributed by atoms with E-state index in [1.807, 2.05) is 73.9 Å². The molecule has 0 saturated carbocycles. The van der Waals surface area contributed by atoms with E-state index in [1.54, 1.807) is 24.7 Å². The van der Waals surface area contributed by atoms with Crippen molar-refractivity contribution in [3.05, 3.63) is 131 Å². The summed E-state index contributed by atoms with van der Waals surface area (Å²) in [5.41, 5.74) is 7.06. The molecule has 2 saturated heterocycles. The Morgan fingerprint density at radius 1 is 0.745 bits per heavy atom. The fourth-order valence-electron chi connectivity index (χ4n) is 7.14. The number of likely N-dealkylation sites (tertiary alicyclic amines) is 1. The number of hydrogen-bond acceptors (Lipinski definition) is 7. The summed E-state index contributed by atoms with van der Waals surface area (Å²) < 4.78 is 0. The molecule has 0 bridgehead atoms. The van der Waals surface area contributed by atoms with Crippen LogP contribution in [-0.4, -0.2) is 69.9 Å². The molecule has 5 aromatic rings. The van der Waals surface area contributed by atoms with Crippen LogP contribution >= 0.6 is 11.6 Å². The number of halogens is 1. The molecule has 51 heavy (non-hydrogen) atoms. The molecular weight excluding hydrogens is 658 g/mol. The monoisotopic (exact) mass is 699 g/mol. The highest BCUT2D eigenvalue weighted by atomic mass is 35.5. The summed E-state index contributed by atoms with van der Waals surface area (Å²) in [5.74, 6) is 0.865. The first-order chi connectivity index (χ1) is 24.9. The molecule has 7 rings (SSSR count). The lowest BCUT2D eigenvalue weighted by Crippen LogP contribution is -2.45. The van der Waals surface area contributed by atoms with Gasteiger partial charge in [0.2, 0.25) is 0 Å². The highest BCUT2D eigenvalue weighted by molar-refractivity contribution is 6.33. The van der Waals surface area contributed by atoms with E-state index in [9.17, 15) is 9.59 Å². The van der Waals surface area contributed by atoms with E-state index in [0.717, 1.165) is 92.0 Å². The van der Waals surface area contributed by atoms with Crippen LogP contribution in [0, 0.1) is 6.92 Å². The van der Waals surface area contributed by atoms with E-state index in [1.165, 1.54) is 5.56 Å². The Morgan fingerprint density at radius 3 is 2.08 bits per heavy atom. The van der Waals surface area contributed by atoms with Crippen LogP contribution in [0.2, 0.25) is 5.02 Å². The van der Waals surface area contributed by atoms with Crippen molar-refractivity contribution in [2.24, 2.45) is 0 Å². The van der Waals surface area contributed by atoms with Gasteiger partial charge in [0.05, 0.1) is 0 Å². The maximum Gasteiger partial charge on any atom is 0.251 e. The predicted octanol–water partition coefficient (Wildman–Crippen LogP) is 6.96. The Morgan fingerprint density at radius 2 is 1.41 bits per heavy atom. The molecule has 2 fully saturated rings. The van der Waals surface area contributed by atoms with Gasteiger partial charge in [0.1, 0.15) is 5.82 Å². The molecule has 0 aliphatic carbocycles. The molecule has 10 heteroatoms. The SMILES string of the molecule is Cc1c(C(=O)NC2CCN(Cc3ccc(N4CCC(NC(=O)c5cccc(-c6cccnc6)c5)CC4)nc3)CC2)ccc(Cl)c1-c1cccnc1. The van der Waals surface area contributed by atoms with Gasteiger partial charge < -0.3 is 15.5 Å². The molecule has 2 amide bonds. The van der Waals surface area contributed by atoms with E-state index in [-0.39, 0.29) is 23.9 Å². The van der Waals surface area contributed by atoms with Crippen LogP contribution in [0.3, 0.4) is 0 Å². The maximum absolute atomic E-state index is 13.3. The number of aromatic nitrogens is 3. The van der Waals surface area contributed by atoms with Gasteiger partial charge in [-0.15, -0.1) is 0 Å². The Bertz CT molecular complexity index is 1960. The number of hydrogen-bond donors (Lipinski definition) is 2. The molecule has 9 nitrogen and oxygen atoms in total. The minimum Gasteiger partial charge on any atom is -0.356 e. The van der Waals surface area contributed by atoms with Crippen LogP contribution in [0.4, 0.5) is 5.82 Å². The molecule has 2 aliphatic heterocycles. The number of benzene rings is 2. The van der Waals surface area contributed by atoms with Crippen LogP contribution in [0.1, 0.15) is 57.5 Å². The number of anilines is 1. The average molecular weight is 700 g/mol. The van der Waals surface area contributed by atoms with E-state index in [0.29, 0.717) is 16.1 Å². The average Bonchev–Trinajstić information content (AvgIpc) is 3.17. The predicted molar refractivity (Wildman–Crippen MR) is 202 cm³/mol. The van der Waals surface area contributed by atoms with E-state index in [4.69, 9.17) is 16.6 Å². The molecule has 2 N–H and O–H groups in total. The zero-order chi connectivity index (χ0) is 35.2. The van der Waals surface area contributed by atoms with Gasteiger partial charge in [-0.1, -0.05) is 41.9 Å². The van der Waals surface area contributed by atoms with Crippen molar-refractivity contribution in [1.29, 1.82) is 0 Å². The molecule has 3 aromatic heterocycles. The quantitative estimate of drug-likeness (QED) is 0.172. The summed E-state index contributed by atoms with van der Waals surface area (Å²) in [6, 6.07) is 23.6. The summed E-state index contributed by atoms with van der Waals surface area (Å²) in [7, 11) is 0. The van der Waals surface area contributed by atoms with Crippen LogP contribution in [0.15, 0.2) is 104 Å². The zero-order valence-corrected chi connectivity index (χ0v) is 29.5. The van der Waals surface area contributed by atoms with Gasteiger partial charge >= 0.3 is 0 Å². The first-order valence-electron chi connectivity index (χ1n) is 17.6. The van der Waals surface area contributed by atoms with E-state index < -0.39 is 0 Å². The number of nitrogens with one attached hydrogen (secondary N) is 2. The third-order valence-corrected chi connectivity index (χ3v) is 10.3. The Kier molecular flexibility index (Phi) is 10.7. The lowest BCUT2D eigenvalue weighted by molar-refractivity contribution is 0.0905. The van der Waals surface area contributed by atoms with Crippen molar-refractivity contribution >= 4 is 29.2 Å². The second-order valence-electron chi connectivity index (χ2n) is 13.4.